The van der Waals surface area contributed by atoms with Crippen LogP contribution < -0.4 is 5.32 Å². The predicted molar refractivity (Wildman–Crippen MR) is 80.7 cm³/mol. The van der Waals surface area contributed by atoms with Gasteiger partial charge in [-0.15, -0.1) is 0 Å². The Morgan fingerprint density at radius 1 is 1.16 bits per heavy atom. The number of aryl methyl sites for hydroxylation is 1. The largest absolute Gasteiger partial charge is 0.388 e. The number of halogens is 1. The van der Waals surface area contributed by atoms with Gasteiger partial charge in [0.05, 0.1) is 6.10 Å². The molecule has 0 radical (unpaired) electrons. The van der Waals surface area contributed by atoms with Crippen LogP contribution in [0.1, 0.15) is 23.7 Å². The molecule has 0 amide bonds. The van der Waals surface area contributed by atoms with Gasteiger partial charge in [0.1, 0.15) is 0 Å². The molecule has 2 aromatic carbocycles. The summed E-state index contributed by atoms with van der Waals surface area (Å²) < 4.78 is 0. The topological polar surface area (TPSA) is 32.3 Å². The molecule has 0 aliphatic rings. The van der Waals surface area contributed by atoms with Crippen LogP contribution in [0.3, 0.4) is 0 Å². The SMILES string of the molecule is Cc1ccc(NCCC(O)c2ccccc2)cc1Cl. The van der Waals surface area contributed by atoms with Crippen molar-refractivity contribution in [3.05, 3.63) is 64.7 Å². The van der Waals surface area contributed by atoms with Gasteiger partial charge in [-0.3, -0.25) is 0 Å². The number of hydrogen-bond acceptors (Lipinski definition) is 2. The van der Waals surface area contributed by atoms with E-state index >= 15 is 0 Å². The molecule has 2 aromatic rings. The third kappa shape index (κ3) is 3.98. The zero-order valence-corrected chi connectivity index (χ0v) is 11.7. The summed E-state index contributed by atoms with van der Waals surface area (Å²) in [6.07, 6.45) is 0.227. The first-order chi connectivity index (χ1) is 9.16. The van der Waals surface area contributed by atoms with Crippen molar-refractivity contribution in [2.75, 3.05) is 11.9 Å². The van der Waals surface area contributed by atoms with Crippen molar-refractivity contribution in [2.24, 2.45) is 0 Å². The smallest absolute Gasteiger partial charge is 0.0806 e. The summed E-state index contributed by atoms with van der Waals surface area (Å²) in [6.45, 7) is 2.68. The molecule has 0 heterocycles. The Balaban J connectivity index is 1.85. The van der Waals surface area contributed by atoms with E-state index in [4.69, 9.17) is 11.6 Å². The second-order valence-corrected chi connectivity index (χ2v) is 5.01. The number of anilines is 1. The molecule has 0 aliphatic heterocycles. The van der Waals surface area contributed by atoms with Crippen molar-refractivity contribution in [1.29, 1.82) is 0 Å². The van der Waals surface area contributed by atoms with Crippen molar-refractivity contribution in [3.63, 3.8) is 0 Å². The Morgan fingerprint density at radius 2 is 1.89 bits per heavy atom. The second kappa shape index (κ2) is 6.60. The molecular formula is C16H18ClNO. The molecule has 0 bridgehead atoms. The summed E-state index contributed by atoms with van der Waals surface area (Å²) in [5.41, 5.74) is 3.00. The molecule has 0 aliphatic carbocycles. The van der Waals surface area contributed by atoms with Crippen molar-refractivity contribution in [3.8, 4) is 0 Å². The summed E-state index contributed by atoms with van der Waals surface area (Å²) in [4.78, 5) is 0. The maximum atomic E-state index is 10.0. The maximum absolute atomic E-state index is 10.0. The third-order valence-electron chi connectivity index (χ3n) is 3.10. The summed E-state index contributed by atoms with van der Waals surface area (Å²) in [5.74, 6) is 0. The number of nitrogens with one attached hydrogen (secondary N) is 1. The van der Waals surface area contributed by atoms with Crippen molar-refractivity contribution in [1.82, 2.24) is 0 Å². The Labute approximate surface area is 119 Å². The van der Waals surface area contributed by atoms with Crippen LogP contribution >= 0.6 is 11.6 Å². The molecule has 0 saturated carbocycles. The highest BCUT2D eigenvalue weighted by Gasteiger charge is 2.06. The van der Waals surface area contributed by atoms with Crippen molar-refractivity contribution in [2.45, 2.75) is 19.4 Å². The molecule has 1 unspecified atom stereocenters. The number of benzene rings is 2. The molecule has 0 fully saturated rings. The summed E-state index contributed by atoms with van der Waals surface area (Å²) >= 11 is 6.06. The van der Waals surface area contributed by atoms with Crippen LogP contribution in [0.4, 0.5) is 5.69 Å². The quantitative estimate of drug-likeness (QED) is 0.858. The minimum atomic E-state index is -0.436. The van der Waals surface area contributed by atoms with Gasteiger partial charge in [-0.05, 0) is 36.6 Å². The van der Waals surface area contributed by atoms with Crippen LogP contribution in [0.2, 0.25) is 5.02 Å². The molecular weight excluding hydrogens is 258 g/mol. The van der Waals surface area contributed by atoms with Gasteiger partial charge in [-0.1, -0.05) is 48.0 Å². The lowest BCUT2D eigenvalue weighted by molar-refractivity contribution is 0.171. The van der Waals surface area contributed by atoms with E-state index in [9.17, 15) is 5.11 Å². The van der Waals surface area contributed by atoms with Gasteiger partial charge in [0, 0.05) is 17.3 Å². The van der Waals surface area contributed by atoms with Gasteiger partial charge < -0.3 is 10.4 Å². The molecule has 2 N–H and O–H groups in total. The summed E-state index contributed by atoms with van der Waals surface area (Å²) in [6, 6.07) is 15.6. The first-order valence-electron chi connectivity index (χ1n) is 6.40. The number of hydrogen-bond donors (Lipinski definition) is 2. The average Bonchev–Trinajstić information content (AvgIpc) is 2.43. The molecule has 1 atom stereocenters. The predicted octanol–water partition coefficient (Wildman–Crippen LogP) is 4.18. The molecule has 2 rings (SSSR count). The zero-order chi connectivity index (χ0) is 13.7. The molecule has 0 aromatic heterocycles. The number of aliphatic hydroxyl groups excluding tert-OH is 1. The van der Waals surface area contributed by atoms with E-state index in [1.54, 1.807) is 0 Å². The second-order valence-electron chi connectivity index (χ2n) is 4.61. The minimum absolute atomic E-state index is 0.436. The first kappa shape index (κ1) is 13.9. The maximum Gasteiger partial charge on any atom is 0.0806 e. The fourth-order valence-corrected chi connectivity index (χ4v) is 2.08. The summed E-state index contributed by atoms with van der Waals surface area (Å²) in [7, 11) is 0. The Kier molecular flexibility index (Phi) is 4.83. The van der Waals surface area contributed by atoms with Crippen LogP contribution in [0.5, 0.6) is 0 Å². The van der Waals surface area contributed by atoms with Crippen LogP contribution in [0.15, 0.2) is 48.5 Å². The first-order valence-corrected chi connectivity index (χ1v) is 6.77. The van der Waals surface area contributed by atoms with E-state index in [0.29, 0.717) is 13.0 Å². The van der Waals surface area contributed by atoms with Gasteiger partial charge in [0.2, 0.25) is 0 Å². The molecule has 19 heavy (non-hydrogen) atoms. The van der Waals surface area contributed by atoms with Gasteiger partial charge in [0.15, 0.2) is 0 Å². The van der Waals surface area contributed by atoms with Crippen LogP contribution in [-0.2, 0) is 0 Å². The lowest BCUT2D eigenvalue weighted by Crippen LogP contribution is -2.07. The lowest BCUT2D eigenvalue weighted by Gasteiger charge is -2.12. The highest BCUT2D eigenvalue weighted by atomic mass is 35.5. The standard InChI is InChI=1S/C16H18ClNO/c1-12-7-8-14(11-15(12)17)18-10-9-16(19)13-5-3-2-4-6-13/h2-8,11,16,18-19H,9-10H2,1H3. The number of rotatable bonds is 5. The van der Waals surface area contributed by atoms with E-state index in [-0.39, 0.29) is 0 Å². The van der Waals surface area contributed by atoms with Gasteiger partial charge in [-0.25, -0.2) is 0 Å². The van der Waals surface area contributed by atoms with Crippen LogP contribution in [0.25, 0.3) is 0 Å². The lowest BCUT2D eigenvalue weighted by atomic mass is 10.1. The monoisotopic (exact) mass is 275 g/mol. The summed E-state index contributed by atoms with van der Waals surface area (Å²) in [5, 5.41) is 14.1. The highest BCUT2D eigenvalue weighted by molar-refractivity contribution is 6.31. The van der Waals surface area contributed by atoms with E-state index in [0.717, 1.165) is 21.8 Å². The van der Waals surface area contributed by atoms with Crippen molar-refractivity contribution < 1.29 is 5.11 Å². The minimum Gasteiger partial charge on any atom is -0.388 e. The van der Waals surface area contributed by atoms with Crippen LogP contribution in [-0.4, -0.2) is 11.7 Å². The van der Waals surface area contributed by atoms with Crippen LogP contribution in [0, 0.1) is 6.92 Å². The van der Waals surface area contributed by atoms with E-state index in [1.165, 1.54) is 0 Å². The van der Waals surface area contributed by atoms with Crippen molar-refractivity contribution >= 4 is 17.3 Å². The Hall–Kier alpha value is -1.51. The molecule has 0 saturated heterocycles. The zero-order valence-electron chi connectivity index (χ0n) is 10.9. The van der Waals surface area contributed by atoms with E-state index in [2.05, 4.69) is 5.32 Å². The molecule has 2 nitrogen and oxygen atoms in total. The third-order valence-corrected chi connectivity index (χ3v) is 3.51. The molecule has 3 heteroatoms. The Morgan fingerprint density at radius 3 is 2.58 bits per heavy atom. The highest BCUT2D eigenvalue weighted by Crippen LogP contribution is 2.21. The Bertz CT molecular complexity index is 528. The van der Waals surface area contributed by atoms with Gasteiger partial charge in [-0.2, -0.15) is 0 Å². The fraction of sp³-hybridized carbons (Fsp3) is 0.250. The fourth-order valence-electron chi connectivity index (χ4n) is 1.90. The van der Waals surface area contributed by atoms with Gasteiger partial charge in [0.25, 0.3) is 0 Å². The normalized spacial score (nSPS) is 12.2. The average molecular weight is 276 g/mol. The number of aliphatic hydroxyl groups is 1. The van der Waals surface area contributed by atoms with Gasteiger partial charge >= 0.3 is 0 Å². The van der Waals surface area contributed by atoms with E-state index in [1.807, 2.05) is 55.5 Å². The molecule has 100 valence electrons. The molecule has 0 spiro atoms. The van der Waals surface area contributed by atoms with E-state index < -0.39 is 6.10 Å².